The van der Waals surface area contributed by atoms with Gasteiger partial charge in [0.15, 0.2) is 4.96 Å². The summed E-state index contributed by atoms with van der Waals surface area (Å²) in [6.45, 7) is 0. The third-order valence-corrected chi connectivity index (χ3v) is 4.14. The van der Waals surface area contributed by atoms with Crippen LogP contribution in [0.2, 0.25) is 0 Å². The van der Waals surface area contributed by atoms with Crippen molar-refractivity contribution in [1.82, 2.24) is 14.7 Å². The van der Waals surface area contributed by atoms with Gasteiger partial charge in [0.2, 0.25) is 5.91 Å². The minimum atomic E-state index is -1.00. The minimum Gasteiger partial charge on any atom is -0.480 e. The van der Waals surface area contributed by atoms with Crippen molar-refractivity contribution in [3.8, 4) is 0 Å². The molecule has 0 bridgehead atoms. The van der Waals surface area contributed by atoms with E-state index in [9.17, 15) is 9.59 Å². The predicted molar refractivity (Wildman–Crippen MR) is 79.3 cm³/mol. The molecular weight excluding hydrogens is 298 g/mol. The lowest BCUT2D eigenvalue weighted by atomic mass is 10.2. The third kappa shape index (κ3) is 3.73. The molecule has 0 aromatic carbocycles. The molecule has 2 aromatic rings. The van der Waals surface area contributed by atoms with Crippen LogP contribution in [0.4, 0.5) is 0 Å². The molecule has 108 valence electrons. The number of carbonyl (C=O) groups is 2. The zero-order valence-corrected chi connectivity index (χ0v) is 12.5. The van der Waals surface area contributed by atoms with Gasteiger partial charge in [-0.3, -0.25) is 9.20 Å². The summed E-state index contributed by atoms with van der Waals surface area (Å²) in [5.41, 5.74) is 0.642. The molecule has 0 aliphatic heterocycles. The third-order valence-electron chi connectivity index (χ3n) is 2.73. The van der Waals surface area contributed by atoms with E-state index < -0.39 is 12.0 Å². The van der Waals surface area contributed by atoms with Crippen molar-refractivity contribution in [1.29, 1.82) is 0 Å². The molecule has 0 fully saturated rings. The largest absolute Gasteiger partial charge is 0.480 e. The van der Waals surface area contributed by atoms with Crippen LogP contribution < -0.4 is 5.32 Å². The van der Waals surface area contributed by atoms with Crippen molar-refractivity contribution in [3.05, 3.63) is 23.5 Å². The van der Waals surface area contributed by atoms with Gasteiger partial charge >= 0.3 is 5.97 Å². The van der Waals surface area contributed by atoms with Crippen molar-refractivity contribution in [3.63, 3.8) is 0 Å². The van der Waals surface area contributed by atoms with Crippen LogP contribution in [0.1, 0.15) is 12.1 Å². The Labute approximate surface area is 124 Å². The summed E-state index contributed by atoms with van der Waals surface area (Å²) in [4.78, 5) is 28.0. The fraction of sp³-hybridized carbons (Fsp3) is 0.417. The molecule has 0 aliphatic carbocycles. The first-order valence-electron chi connectivity index (χ1n) is 6.02. The molecule has 2 aromatic heterocycles. The number of amides is 1. The average Bonchev–Trinajstić information content (AvgIpc) is 2.94. The fourth-order valence-corrected chi connectivity index (χ4v) is 2.95. The van der Waals surface area contributed by atoms with Crippen LogP contribution in [0.5, 0.6) is 0 Å². The van der Waals surface area contributed by atoms with Crippen LogP contribution >= 0.6 is 23.1 Å². The Morgan fingerprint density at radius 3 is 3.05 bits per heavy atom. The minimum absolute atomic E-state index is 0.0947. The number of nitrogens with zero attached hydrogens (tertiary/aromatic N) is 2. The molecule has 1 atom stereocenters. The highest BCUT2D eigenvalue weighted by Gasteiger charge is 2.20. The Kier molecular flexibility index (Phi) is 5.02. The molecule has 1 amide bonds. The van der Waals surface area contributed by atoms with Crippen LogP contribution in [0.15, 0.2) is 17.8 Å². The second kappa shape index (κ2) is 6.76. The standard InChI is InChI=1S/C12H15N3O3S2/c1-19-4-2-9(11(17)18)14-10(16)6-8-7-15-3-5-20-12(15)13-8/h3,5,7,9H,2,4,6H2,1H3,(H,14,16)(H,17,18)/t9-/m0/s1. The van der Waals surface area contributed by atoms with E-state index >= 15 is 0 Å². The molecule has 6 nitrogen and oxygen atoms in total. The molecule has 0 aliphatic rings. The fourth-order valence-electron chi connectivity index (χ4n) is 1.76. The maximum atomic E-state index is 11.9. The average molecular weight is 313 g/mol. The second-order valence-corrected chi connectivity index (χ2v) is 6.10. The lowest BCUT2D eigenvalue weighted by Crippen LogP contribution is -2.41. The van der Waals surface area contributed by atoms with E-state index in [1.165, 1.54) is 11.3 Å². The van der Waals surface area contributed by atoms with Crippen LogP contribution in [0.3, 0.4) is 0 Å². The smallest absolute Gasteiger partial charge is 0.326 e. The summed E-state index contributed by atoms with van der Waals surface area (Å²) >= 11 is 3.04. The number of fused-ring (bicyclic) bond motifs is 1. The summed E-state index contributed by atoms with van der Waals surface area (Å²) in [6.07, 6.45) is 6.06. The van der Waals surface area contributed by atoms with Gasteiger partial charge < -0.3 is 10.4 Å². The quantitative estimate of drug-likeness (QED) is 0.804. The van der Waals surface area contributed by atoms with E-state index in [0.717, 1.165) is 4.96 Å². The summed E-state index contributed by atoms with van der Waals surface area (Å²) in [6, 6.07) is -0.835. The molecule has 0 saturated heterocycles. The lowest BCUT2D eigenvalue weighted by Gasteiger charge is -2.13. The van der Waals surface area contributed by atoms with E-state index in [-0.39, 0.29) is 12.3 Å². The number of rotatable bonds is 7. The van der Waals surface area contributed by atoms with E-state index in [4.69, 9.17) is 5.11 Å². The summed E-state index contributed by atoms with van der Waals surface area (Å²) < 4.78 is 1.84. The molecule has 0 radical (unpaired) electrons. The van der Waals surface area contributed by atoms with E-state index in [1.54, 1.807) is 18.0 Å². The van der Waals surface area contributed by atoms with Crippen LogP contribution in [-0.2, 0) is 16.0 Å². The summed E-state index contributed by atoms with van der Waals surface area (Å²) in [5.74, 6) is -0.625. The number of imidazole rings is 1. The van der Waals surface area contributed by atoms with Crippen LogP contribution in [0.25, 0.3) is 4.96 Å². The maximum Gasteiger partial charge on any atom is 0.326 e. The Morgan fingerprint density at radius 2 is 2.40 bits per heavy atom. The molecule has 2 N–H and O–H groups in total. The van der Waals surface area contributed by atoms with Gasteiger partial charge in [-0.05, 0) is 18.4 Å². The zero-order chi connectivity index (χ0) is 14.5. The van der Waals surface area contributed by atoms with Gasteiger partial charge in [-0.1, -0.05) is 0 Å². The summed E-state index contributed by atoms with van der Waals surface area (Å²) in [5, 5.41) is 13.5. The summed E-state index contributed by atoms with van der Waals surface area (Å²) in [7, 11) is 0. The number of carboxylic acids is 1. The highest BCUT2D eigenvalue weighted by Crippen LogP contribution is 2.11. The molecule has 8 heteroatoms. The highest BCUT2D eigenvalue weighted by atomic mass is 32.2. The van der Waals surface area contributed by atoms with Gasteiger partial charge in [0.05, 0.1) is 12.1 Å². The predicted octanol–water partition coefficient (Wildman–Crippen LogP) is 1.26. The van der Waals surface area contributed by atoms with Gasteiger partial charge in [0.25, 0.3) is 0 Å². The normalized spacial score (nSPS) is 12.4. The van der Waals surface area contributed by atoms with Gasteiger partial charge in [0, 0.05) is 17.8 Å². The van der Waals surface area contributed by atoms with E-state index in [0.29, 0.717) is 17.9 Å². The second-order valence-electron chi connectivity index (χ2n) is 4.24. The number of carbonyl (C=O) groups excluding carboxylic acids is 1. The Hall–Kier alpha value is -1.54. The Morgan fingerprint density at radius 1 is 1.60 bits per heavy atom. The molecule has 2 rings (SSSR count). The van der Waals surface area contributed by atoms with Crippen LogP contribution in [0, 0.1) is 0 Å². The van der Waals surface area contributed by atoms with Gasteiger partial charge in [0.1, 0.15) is 6.04 Å². The molecule has 0 unspecified atom stereocenters. The number of aromatic nitrogens is 2. The number of hydrogen-bond donors (Lipinski definition) is 2. The van der Waals surface area contributed by atoms with Crippen molar-refractivity contribution in [2.75, 3.05) is 12.0 Å². The highest BCUT2D eigenvalue weighted by molar-refractivity contribution is 7.98. The number of nitrogens with one attached hydrogen (secondary N) is 1. The number of thiazole rings is 1. The van der Waals surface area contributed by atoms with E-state index in [2.05, 4.69) is 10.3 Å². The number of hydrogen-bond acceptors (Lipinski definition) is 5. The Balaban J connectivity index is 1.93. The first-order valence-corrected chi connectivity index (χ1v) is 8.29. The molecule has 2 heterocycles. The first-order chi connectivity index (χ1) is 9.60. The molecule has 0 saturated carbocycles. The monoisotopic (exact) mass is 313 g/mol. The maximum absolute atomic E-state index is 11.9. The SMILES string of the molecule is CSCC[C@H](NC(=O)Cc1cn2ccsc2n1)C(=O)O. The first kappa shape index (κ1) is 14.9. The van der Waals surface area contributed by atoms with Gasteiger partial charge in [-0.15, -0.1) is 11.3 Å². The van der Waals surface area contributed by atoms with Gasteiger partial charge in [-0.2, -0.15) is 11.8 Å². The lowest BCUT2D eigenvalue weighted by molar-refractivity contribution is -0.141. The molecule has 20 heavy (non-hydrogen) atoms. The van der Waals surface area contributed by atoms with Crippen molar-refractivity contribution >= 4 is 39.9 Å². The van der Waals surface area contributed by atoms with Crippen molar-refractivity contribution < 1.29 is 14.7 Å². The number of aliphatic carboxylic acids is 1. The van der Waals surface area contributed by atoms with Crippen molar-refractivity contribution in [2.24, 2.45) is 0 Å². The number of carboxylic acid groups (broad SMARTS) is 1. The van der Waals surface area contributed by atoms with Crippen LogP contribution in [-0.4, -0.2) is 44.4 Å². The van der Waals surface area contributed by atoms with Crippen molar-refractivity contribution in [2.45, 2.75) is 18.9 Å². The molecule has 0 spiro atoms. The zero-order valence-electron chi connectivity index (χ0n) is 10.9. The van der Waals surface area contributed by atoms with E-state index in [1.807, 2.05) is 22.2 Å². The topological polar surface area (TPSA) is 83.7 Å². The number of thioether (sulfide) groups is 1. The Bertz CT molecular complexity index is 579. The molecular formula is C12H15N3O3S2. The van der Waals surface area contributed by atoms with Gasteiger partial charge in [-0.25, -0.2) is 9.78 Å².